The molecular formula is C20H15N5O2. The number of carbonyl (C=O) groups excluding carboxylic acids is 1. The zero-order valence-electron chi connectivity index (χ0n) is 14.8. The Hall–Kier alpha value is -3.79. The van der Waals surface area contributed by atoms with Crippen molar-refractivity contribution in [3.8, 4) is 6.07 Å². The van der Waals surface area contributed by atoms with Gasteiger partial charge in [0.15, 0.2) is 0 Å². The van der Waals surface area contributed by atoms with Crippen molar-refractivity contribution in [3.05, 3.63) is 75.9 Å². The van der Waals surface area contributed by atoms with Crippen LogP contribution >= 0.6 is 0 Å². The zero-order chi connectivity index (χ0) is 19.0. The SMILES string of the molecule is Cc1cc(C#N)cnc1C(=O)Nc1ccc2c(c1)C(c1cnoc1C)=NC2. The van der Waals surface area contributed by atoms with E-state index in [-0.39, 0.29) is 5.91 Å². The number of hydrogen-bond donors (Lipinski definition) is 1. The number of amides is 1. The molecule has 4 rings (SSSR count). The summed E-state index contributed by atoms with van der Waals surface area (Å²) in [7, 11) is 0. The molecule has 0 fully saturated rings. The van der Waals surface area contributed by atoms with E-state index in [1.54, 1.807) is 19.2 Å². The number of aliphatic imine (C=N–C) groups is 1. The van der Waals surface area contributed by atoms with Crippen molar-refractivity contribution < 1.29 is 9.32 Å². The number of nitrogens with zero attached hydrogens (tertiary/aromatic N) is 4. The Kier molecular flexibility index (Phi) is 4.01. The summed E-state index contributed by atoms with van der Waals surface area (Å²) in [5, 5.41) is 15.6. The van der Waals surface area contributed by atoms with Crippen LogP contribution in [-0.2, 0) is 6.54 Å². The summed E-state index contributed by atoms with van der Waals surface area (Å²) in [5.41, 5.74) is 5.70. The van der Waals surface area contributed by atoms with Crippen LogP contribution in [0.2, 0.25) is 0 Å². The van der Waals surface area contributed by atoms with Crippen LogP contribution in [-0.4, -0.2) is 21.8 Å². The second-order valence-electron chi connectivity index (χ2n) is 6.29. The van der Waals surface area contributed by atoms with E-state index in [1.807, 2.05) is 31.2 Å². The van der Waals surface area contributed by atoms with E-state index in [2.05, 4.69) is 20.4 Å². The summed E-state index contributed by atoms with van der Waals surface area (Å²) >= 11 is 0. The predicted octanol–water partition coefficient (Wildman–Crippen LogP) is 3.16. The Morgan fingerprint density at radius 3 is 2.78 bits per heavy atom. The van der Waals surface area contributed by atoms with Gasteiger partial charge in [-0.25, -0.2) is 4.98 Å². The summed E-state index contributed by atoms with van der Waals surface area (Å²) in [5.74, 6) is 0.378. The first kappa shape index (κ1) is 16.7. The molecule has 0 unspecified atom stereocenters. The molecule has 0 saturated carbocycles. The number of benzene rings is 1. The van der Waals surface area contributed by atoms with Gasteiger partial charge in [0.2, 0.25) is 0 Å². The van der Waals surface area contributed by atoms with Gasteiger partial charge in [-0.15, -0.1) is 0 Å². The number of pyridine rings is 1. The molecule has 0 aliphatic carbocycles. The Bertz CT molecular complexity index is 1140. The van der Waals surface area contributed by atoms with Crippen molar-refractivity contribution in [2.75, 3.05) is 5.32 Å². The number of nitrogens with one attached hydrogen (secondary N) is 1. The fraction of sp³-hybridized carbons (Fsp3) is 0.150. The maximum Gasteiger partial charge on any atom is 0.274 e. The molecule has 1 aliphatic heterocycles. The number of aryl methyl sites for hydroxylation is 2. The third-order valence-electron chi connectivity index (χ3n) is 4.46. The van der Waals surface area contributed by atoms with E-state index < -0.39 is 0 Å². The Labute approximate surface area is 155 Å². The normalized spacial score (nSPS) is 12.3. The molecule has 3 aromatic rings. The summed E-state index contributed by atoms with van der Waals surface area (Å²) in [6.07, 6.45) is 3.04. The van der Waals surface area contributed by atoms with Crippen LogP contribution in [0.1, 0.15) is 44.1 Å². The van der Waals surface area contributed by atoms with Gasteiger partial charge in [-0.05, 0) is 43.2 Å². The van der Waals surface area contributed by atoms with E-state index >= 15 is 0 Å². The predicted molar refractivity (Wildman–Crippen MR) is 98.7 cm³/mol. The highest BCUT2D eigenvalue weighted by Gasteiger charge is 2.22. The molecule has 1 aliphatic rings. The van der Waals surface area contributed by atoms with Crippen LogP contribution in [0.5, 0.6) is 0 Å². The van der Waals surface area contributed by atoms with Gasteiger partial charge in [-0.3, -0.25) is 9.79 Å². The molecule has 0 atom stereocenters. The smallest absolute Gasteiger partial charge is 0.274 e. The minimum absolute atomic E-state index is 0.290. The first-order chi connectivity index (χ1) is 13.1. The van der Waals surface area contributed by atoms with Gasteiger partial charge in [-0.1, -0.05) is 11.2 Å². The first-order valence-electron chi connectivity index (χ1n) is 8.34. The molecule has 7 heteroatoms. The van der Waals surface area contributed by atoms with E-state index in [0.29, 0.717) is 34.8 Å². The molecule has 1 aromatic carbocycles. The lowest BCUT2D eigenvalue weighted by Gasteiger charge is -2.09. The van der Waals surface area contributed by atoms with Crippen molar-refractivity contribution in [1.82, 2.24) is 10.1 Å². The van der Waals surface area contributed by atoms with Gasteiger partial charge in [-0.2, -0.15) is 5.26 Å². The Balaban J connectivity index is 1.62. The molecule has 0 spiro atoms. The van der Waals surface area contributed by atoms with E-state index in [4.69, 9.17) is 9.78 Å². The third-order valence-corrected chi connectivity index (χ3v) is 4.46. The molecule has 0 radical (unpaired) electrons. The van der Waals surface area contributed by atoms with Gasteiger partial charge in [0.05, 0.1) is 29.6 Å². The number of hydrogen-bond acceptors (Lipinski definition) is 6. The highest BCUT2D eigenvalue weighted by molar-refractivity contribution is 6.16. The summed E-state index contributed by atoms with van der Waals surface area (Å²) in [6.45, 7) is 4.18. The molecule has 1 amide bonds. The van der Waals surface area contributed by atoms with Crippen LogP contribution in [0.4, 0.5) is 5.69 Å². The summed E-state index contributed by atoms with van der Waals surface area (Å²) in [4.78, 5) is 21.3. The average molecular weight is 357 g/mol. The van der Waals surface area contributed by atoms with Crippen LogP contribution in [0.25, 0.3) is 0 Å². The topological polar surface area (TPSA) is 104 Å². The van der Waals surface area contributed by atoms with Gasteiger partial charge < -0.3 is 9.84 Å². The maximum atomic E-state index is 12.6. The van der Waals surface area contributed by atoms with Crippen molar-refractivity contribution in [2.45, 2.75) is 20.4 Å². The van der Waals surface area contributed by atoms with Crippen LogP contribution in [0.3, 0.4) is 0 Å². The molecule has 2 aromatic heterocycles. The maximum absolute atomic E-state index is 12.6. The number of fused-ring (bicyclic) bond motifs is 1. The average Bonchev–Trinajstić information content (AvgIpc) is 3.26. The van der Waals surface area contributed by atoms with Crippen LogP contribution in [0.15, 0.2) is 46.2 Å². The minimum Gasteiger partial charge on any atom is -0.361 e. The van der Waals surface area contributed by atoms with Gasteiger partial charge >= 0.3 is 0 Å². The highest BCUT2D eigenvalue weighted by Crippen LogP contribution is 2.27. The van der Waals surface area contributed by atoms with Gasteiger partial charge in [0, 0.05) is 17.4 Å². The third kappa shape index (κ3) is 2.98. The van der Waals surface area contributed by atoms with Crippen LogP contribution < -0.4 is 5.32 Å². The Morgan fingerprint density at radius 1 is 1.22 bits per heavy atom. The monoisotopic (exact) mass is 357 g/mol. The van der Waals surface area contributed by atoms with E-state index in [1.165, 1.54) is 6.20 Å². The molecule has 0 saturated heterocycles. The molecule has 132 valence electrons. The molecule has 3 heterocycles. The van der Waals surface area contributed by atoms with Crippen molar-refractivity contribution in [2.24, 2.45) is 4.99 Å². The number of aromatic nitrogens is 2. The lowest BCUT2D eigenvalue weighted by atomic mass is 10.00. The van der Waals surface area contributed by atoms with E-state index in [0.717, 1.165) is 22.4 Å². The lowest BCUT2D eigenvalue weighted by molar-refractivity contribution is 0.102. The van der Waals surface area contributed by atoms with Gasteiger partial charge in [0.1, 0.15) is 17.5 Å². The Morgan fingerprint density at radius 2 is 2.07 bits per heavy atom. The molecule has 27 heavy (non-hydrogen) atoms. The molecule has 7 nitrogen and oxygen atoms in total. The molecule has 1 N–H and O–H groups in total. The summed E-state index contributed by atoms with van der Waals surface area (Å²) < 4.78 is 5.14. The number of carbonyl (C=O) groups is 1. The second-order valence-corrected chi connectivity index (χ2v) is 6.29. The fourth-order valence-corrected chi connectivity index (χ4v) is 3.08. The fourth-order valence-electron chi connectivity index (χ4n) is 3.08. The van der Waals surface area contributed by atoms with Crippen molar-refractivity contribution >= 4 is 17.3 Å². The summed E-state index contributed by atoms with van der Waals surface area (Å²) in [6, 6.07) is 9.34. The van der Waals surface area contributed by atoms with E-state index in [9.17, 15) is 4.79 Å². The highest BCUT2D eigenvalue weighted by atomic mass is 16.5. The second kappa shape index (κ2) is 6.50. The minimum atomic E-state index is -0.324. The van der Waals surface area contributed by atoms with Gasteiger partial charge in [0.25, 0.3) is 5.91 Å². The van der Waals surface area contributed by atoms with Crippen LogP contribution in [0, 0.1) is 25.2 Å². The lowest BCUT2D eigenvalue weighted by Crippen LogP contribution is -2.16. The number of rotatable bonds is 3. The number of anilines is 1. The van der Waals surface area contributed by atoms with Crippen molar-refractivity contribution in [1.29, 1.82) is 5.26 Å². The quantitative estimate of drug-likeness (QED) is 0.775. The van der Waals surface area contributed by atoms with Crippen molar-refractivity contribution in [3.63, 3.8) is 0 Å². The zero-order valence-corrected chi connectivity index (χ0v) is 14.8. The molecular weight excluding hydrogens is 342 g/mol. The first-order valence-corrected chi connectivity index (χ1v) is 8.34. The molecule has 0 bridgehead atoms. The number of nitriles is 1. The largest absolute Gasteiger partial charge is 0.361 e. The standard InChI is InChI=1S/C20H15N5O2/c1-11-5-13(7-21)8-22-18(11)20(26)25-15-4-3-14-9-23-19(16(14)6-15)17-10-24-27-12(17)2/h3-6,8,10H,9H2,1-2H3,(H,25,26).